The second-order valence-electron chi connectivity index (χ2n) is 8.55. The number of amides is 1. The Balaban J connectivity index is 1.34. The van der Waals surface area contributed by atoms with Crippen LogP contribution >= 0.6 is 0 Å². The normalized spacial score (nSPS) is 18.2. The van der Waals surface area contributed by atoms with Crippen molar-refractivity contribution in [1.29, 1.82) is 0 Å². The van der Waals surface area contributed by atoms with E-state index in [1.165, 1.54) is 11.2 Å². The number of anilines is 1. The zero-order valence-corrected chi connectivity index (χ0v) is 20.1. The van der Waals surface area contributed by atoms with Crippen LogP contribution in [0.25, 0.3) is 0 Å². The van der Waals surface area contributed by atoms with E-state index < -0.39 is 26.2 Å². The summed E-state index contributed by atoms with van der Waals surface area (Å²) in [6.07, 6.45) is 0.772. The minimum atomic E-state index is -4.08. The molecule has 184 valence electrons. The topological polar surface area (TPSA) is 136 Å². The molecule has 0 bridgehead atoms. The number of aryl methyl sites for hydroxylation is 1. The monoisotopic (exact) mass is 491 g/mol. The van der Waals surface area contributed by atoms with Crippen molar-refractivity contribution in [2.24, 2.45) is 5.92 Å². The highest BCUT2D eigenvalue weighted by Gasteiger charge is 2.36. The van der Waals surface area contributed by atoms with Gasteiger partial charge in [-0.25, -0.2) is 13.2 Å². The van der Waals surface area contributed by atoms with Crippen molar-refractivity contribution in [2.45, 2.75) is 24.7 Å². The Labute approximate surface area is 197 Å². The molecule has 0 spiro atoms. The third kappa shape index (κ3) is 4.73. The molecule has 4 rings (SSSR count). The molecule has 12 heteroatoms. The summed E-state index contributed by atoms with van der Waals surface area (Å²) >= 11 is 0. The van der Waals surface area contributed by atoms with Crippen molar-refractivity contribution in [3.05, 3.63) is 50.8 Å². The van der Waals surface area contributed by atoms with Gasteiger partial charge in [0.2, 0.25) is 15.9 Å². The molecule has 2 N–H and O–H groups in total. The van der Waals surface area contributed by atoms with Gasteiger partial charge < -0.3 is 19.5 Å². The highest BCUT2D eigenvalue weighted by molar-refractivity contribution is 7.89. The number of hydrogen-bond acceptors (Lipinski definition) is 7. The third-order valence-corrected chi connectivity index (χ3v) is 8.56. The van der Waals surface area contributed by atoms with Crippen LogP contribution in [-0.2, 0) is 14.8 Å². The highest BCUT2D eigenvalue weighted by atomic mass is 32.2. The average Bonchev–Trinajstić information content (AvgIpc) is 2.83. The number of aromatic amines is 2. The van der Waals surface area contributed by atoms with Crippen LogP contribution in [0, 0.1) is 12.8 Å². The van der Waals surface area contributed by atoms with Gasteiger partial charge in [0.1, 0.15) is 5.75 Å². The molecule has 34 heavy (non-hydrogen) atoms. The fourth-order valence-corrected chi connectivity index (χ4v) is 6.28. The molecule has 2 saturated heterocycles. The van der Waals surface area contributed by atoms with Gasteiger partial charge in [0.15, 0.2) is 4.90 Å². The highest BCUT2D eigenvalue weighted by Crippen LogP contribution is 2.26. The van der Waals surface area contributed by atoms with Crippen LogP contribution in [0.2, 0.25) is 0 Å². The molecule has 0 atom stereocenters. The number of benzene rings is 1. The number of methoxy groups -OCH3 is 1. The van der Waals surface area contributed by atoms with Crippen LogP contribution < -0.4 is 20.9 Å². The third-order valence-electron chi connectivity index (χ3n) is 6.50. The van der Waals surface area contributed by atoms with Gasteiger partial charge in [-0.2, -0.15) is 4.31 Å². The Hall–Kier alpha value is -3.12. The van der Waals surface area contributed by atoms with Crippen LogP contribution in [0.4, 0.5) is 5.69 Å². The van der Waals surface area contributed by atoms with Gasteiger partial charge >= 0.3 is 5.69 Å². The summed E-state index contributed by atoms with van der Waals surface area (Å²) in [4.78, 5) is 44.5. The lowest BCUT2D eigenvalue weighted by atomic mass is 9.96. The number of nitrogens with zero attached hydrogens (tertiary/aromatic N) is 3. The number of ether oxygens (including phenoxy) is 1. The second-order valence-corrected chi connectivity index (χ2v) is 10.4. The lowest BCUT2D eigenvalue weighted by molar-refractivity contribution is -0.137. The van der Waals surface area contributed by atoms with Gasteiger partial charge in [0.05, 0.1) is 7.11 Å². The van der Waals surface area contributed by atoms with Crippen molar-refractivity contribution in [1.82, 2.24) is 19.2 Å². The molecule has 2 aliphatic rings. The van der Waals surface area contributed by atoms with Crippen molar-refractivity contribution in [3.63, 3.8) is 0 Å². The van der Waals surface area contributed by atoms with E-state index in [0.29, 0.717) is 25.9 Å². The number of nitrogens with one attached hydrogen (secondary N) is 2. The first-order valence-corrected chi connectivity index (χ1v) is 12.7. The van der Waals surface area contributed by atoms with Crippen molar-refractivity contribution >= 4 is 21.6 Å². The molecule has 1 amide bonds. The average molecular weight is 492 g/mol. The maximum Gasteiger partial charge on any atom is 0.325 e. The van der Waals surface area contributed by atoms with Crippen molar-refractivity contribution in [2.75, 3.05) is 51.3 Å². The molecular formula is C22H29N5O6S. The van der Waals surface area contributed by atoms with Crippen LogP contribution in [0.15, 0.2) is 38.8 Å². The predicted octanol–water partition coefficient (Wildman–Crippen LogP) is 0.130. The Morgan fingerprint density at radius 3 is 2.15 bits per heavy atom. The standard InChI is InChI=1S/C22H29N5O6S/c1-15-19(20(28)24-22(30)23-15)34(31,32)27-9-7-16(8-10-27)21(29)26-13-11-25(12-14-26)17-3-5-18(33-2)6-4-17/h3-6,16H,7-14H2,1-2H3,(H2,23,24,28,30). The van der Waals surface area contributed by atoms with E-state index in [-0.39, 0.29) is 30.6 Å². The van der Waals surface area contributed by atoms with Crippen molar-refractivity contribution < 1.29 is 17.9 Å². The Bertz CT molecular complexity index is 1250. The lowest BCUT2D eigenvalue weighted by Gasteiger charge is -2.39. The van der Waals surface area contributed by atoms with E-state index in [1.807, 2.05) is 34.1 Å². The number of H-pyrrole nitrogens is 2. The fraction of sp³-hybridized carbons (Fsp3) is 0.500. The van der Waals surface area contributed by atoms with E-state index in [0.717, 1.165) is 24.5 Å². The number of carbonyl (C=O) groups excluding carboxylic acids is 1. The fourth-order valence-electron chi connectivity index (χ4n) is 4.61. The first-order chi connectivity index (χ1) is 16.2. The molecule has 2 aromatic rings. The van der Waals surface area contributed by atoms with Gasteiger partial charge in [-0.3, -0.25) is 14.6 Å². The predicted molar refractivity (Wildman–Crippen MR) is 126 cm³/mol. The molecule has 2 aliphatic heterocycles. The van der Waals surface area contributed by atoms with Crippen LogP contribution in [-0.4, -0.2) is 79.9 Å². The van der Waals surface area contributed by atoms with Crippen LogP contribution in [0.5, 0.6) is 5.75 Å². The SMILES string of the molecule is COc1ccc(N2CCN(C(=O)C3CCN(S(=O)(=O)c4c(C)[nH]c(=O)[nH]c4=O)CC3)CC2)cc1. The van der Waals surface area contributed by atoms with Gasteiger partial charge in [0.25, 0.3) is 5.56 Å². The van der Waals surface area contributed by atoms with E-state index >= 15 is 0 Å². The largest absolute Gasteiger partial charge is 0.497 e. The number of rotatable bonds is 5. The van der Waals surface area contributed by atoms with Crippen molar-refractivity contribution in [3.8, 4) is 5.75 Å². The summed E-state index contributed by atoms with van der Waals surface area (Å²) in [5.41, 5.74) is -0.604. The number of aromatic nitrogens is 2. The summed E-state index contributed by atoms with van der Waals surface area (Å²) in [5, 5.41) is 0. The van der Waals surface area contributed by atoms with Gasteiger partial charge in [-0.05, 0) is 44.0 Å². The minimum Gasteiger partial charge on any atom is -0.497 e. The van der Waals surface area contributed by atoms with E-state index in [1.54, 1.807) is 7.11 Å². The molecule has 1 aromatic carbocycles. The van der Waals surface area contributed by atoms with Gasteiger partial charge in [-0.1, -0.05) is 0 Å². The van der Waals surface area contributed by atoms with Gasteiger partial charge in [-0.15, -0.1) is 0 Å². The number of hydrogen-bond donors (Lipinski definition) is 2. The molecule has 0 saturated carbocycles. The first kappa shape index (κ1) is 24.0. The molecule has 0 unspecified atom stereocenters. The summed E-state index contributed by atoms with van der Waals surface area (Å²) in [7, 11) is -2.45. The number of piperidine rings is 1. The van der Waals surface area contributed by atoms with Gasteiger partial charge in [0, 0.05) is 56.6 Å². The summed E-state index contributed by atoms with van der Waals surface area (Å²) in [6.45, 7) is 4.32. The van der Waals surface area contributed by atoms with Crippen LogP contribution in [0.3, 0.4) is 0 Å². The smallest absolute Gasteiger partial charge is 0.325 e. The maximum atomic E-state index is 13.1. The number of sulfonamides is 1. The lowest BCUT2D eigenvalue weighted by Crippen LogP contribution is -2.52. The second kappa shape index (κ2) is 9.63. The Morgan fingerprint density at radius 1 is 0.971 bits per heavy atom. The Kier molecular flexibility index (Phi) is 6.80. The molecule has 3 heterocycles. The quantitative estimate of drug-likeness (QED) is 0.607. The first-order valence-electron chi connectivity index (χ1n) is 11.2. The van der Waals surface area contributed by atoms with E-state index in [4.69, 9.17) is 4.74 Å². The van der Waals surface area contributed by atoms with E-state index in [2.05, 4.69) is 9.88 Å². The zero-order chi connectivity index (χ0) is 24.5. The maximum absolute atomic E-state index is 13.1. The van der Waals surface area contributed by atoms with Crippen LogP contribution in [0.1, 0.15) is 18.5 Å². The molecule has 0 radical (unpaired) electrons. The Morgan fingerprint density at radius 2 is 1.59 bits per heavy atom. The van der Waals surface area contributed by atoms with E-state index in [9.17, 15) is 22.8 Å². The number of piperazine rings is 1. The molecule has 0 aliphatic carbocycles. The summed E-state index contributed by atoms with van der Waals surface area (Å²) in [5.74, 6) is 0.588. The molecule has 1 aromatic heterocycles. The number of carbonyl (C=O) groups is 1. The molecular weight excluding hydrogens is 462 g/mol. The minimum absolute atomic E-state index is 0.00156. The summed E-state index contributed by atoms with van der Waals surface area (Å²) < 4.78 is 32.4. The molecule has 2 fully saturated rings. The molecule has 11 nitrogen and oxygen atoms in total. The zero-order valence-electron chi connectivity index (χ0n) is 19.2. The summed E-state index contributed by atoms with van der Waals surface area (Å²) in [6, 6.07) is 7.83.